The van der Waals surface area contributed by atoms with Gasteiger partial charge in [-0.05, 0) is 54.5 Å². The number of unbranched alkanes of at least 4 members (excludes halogenated alkanes) is 1. The smallest absolute Gasteiger partial charge is 0.407 e. The van der Waals surface area contributed by atoms with Crippen LogP contribution in [-0.4, -0.2) is 81.9 Å². The van der Waals surface area contributed by atoms with Crippen LogP contribution < -0.4 is 10.1 Å². The SMILES string of the molecule is CCCCOc1ccc(S(=O)(=O)N(CC(O)C(Cc2ccccc2)NC(=O)OC2COCOC2)CC(C)(C)CCC#N)cc1. The average molecular weight is 632 g/mol. The van der Waals surface area contributed by atoms with Crippen LogP contribution in [0.15, 0.2) is 59.5 Å². The highest BCUT2D eigenvalue weighted by molar-refractivity contribution is 7.89. The van der Waals surface area contributed by atoms with E-state index in [1.165, 1.54) is 16.4 Å². The molecule has 2 aromatic rings. The van der Waals surface area contributed by atoms with Crippen LogP contribution in [-0.2, 0) is 30.7 Å². The van der Waals surface area contributed by atoms with Gasteiger partial charge in [0.25, 0.3) is 0 Å². The number of amides is 1. The lowest BCUT2D eigenvalue weighted by atomic mass is 9.88. The summed E-state index contributed by atoms with van der Waals surface area (Å²) in [7, 11) is -4.10. The molecular formula is C32H45N3O8S. The fourth-order valence-electron chi connectivity index (χ4n) is 4.75. The molecule has 0 saturated carbocycles. The summed E-state index contributed by atoms with van der Waals surface area (Å²) in [4.78, 5) is 12.9. The zero-order valence-electron chi connectivity index (χ0n) is 25.8. The number of aliphatic hydroxyl groups excluding tert-OH is 1. The Morgan fingerprint density at radius 2 is 1.84 bits per heavy atom. The lowest BCUT2D eigenvalue weighted by Crippen LogP contribution is -2.52. The highest BCUT2D eigenvalue weighted by Crippen LogP contribution is 2.28. The van der Waals surface area contributed by atoms with Crippen LogP contribution >= 0.6 is 0 Å². The Hall–Kier alpha value is -3.21. The Balaban J connectivity index is 1.85. The van der Waals surface area contributed by atoms with Crippen LogP contribution in [0.5, 0.6) is 5.75 Å². The number of carbonyl (C=O) groups is 1. The lowest BCUT2D eigenvalue weighted by molar-refractivity contribution is -0.151. The number of nitrogens with zero attached hydrogens (tertiary/aromatic N) is 2. The molecule has 11 nitrogen and oxygen atoms in total. The van der Waals surface area contributed by atoms with E-state index in [0.29, 0.717) is 18.8 Å². The molecule has 242 valence electrons. The second-order valence-electron chi connectivity index (χ2n) is 11.7. The number of aliphatic hydroxyl groups is 1. The summed E-state index contributed by atoms with van der Waals surface area (Å²) in [6.45, 7) is 6.60. The molecule has 1 amide bonds. The van der Waals surface area contributed by atoms with Crippen molar-refractivity contribution in [2.45, 2.75) is 76.0 Å². The molecule has 0 aliphatic carbocycles. The maximum absolute atomic E-state index is 14.0. The predicted octanol–water partition coefficient (Wildman–Crippen LogP) is 4.26. The van der Waals surface area contributed by atoms with Crippen LogP contribution in [0.2, 0.25) is 0 Å². The minimum atomic E-state index is -4.10. The molecule has 1 saturated heterocycles. The Labute approximate surface area is 261 Å². The monoisotopic (exact) mass is 631 g/mol. The van der Waals surface area contributed by atoms with Gasteiger partial charge in [0.05, 0.1) is 42.9 Å². The fourth-order valence-corrected chi connectivity index (χ4v) is 6.39. The zero-order chi connectivity index (χ0) is 32.0. The fraction of sp³-hybridized carbons (Fsp3) is 0.562. The normalized spacial score (nSPS) is 15.7. The van der Waals surface area contributed by atoms with Gasteiger partial charge in [-0.3, -0.25) is 0 Å². The molecule has 3 rings (SSSR count). The number of ether oxygens (including phenoxy) is 4. The third kappa shape index (κ3) is 11.4. The first-order chi connectivity index (χ1) is 21.0. The molecule has 1 aliphatic heterocycles. The van der Waals surface area contributed by atoms with Gasteiger partial charge in [-0.15, -0.1) is 0 Å². The number of hydrogen-bond acceptors (Lipinski definition) is 9. The van der Waals surface area contributed by atoms with Crippen molar-refractivity contribution in [3.63, 3.8) is 0 Å². The number of nitriles is 1. The predicted molar refractivity (Wildman–Crippen MR) is 164 cm³/mol. The topological polar surface area (TPSA) is 147 Å². The standard InChI is InChI=1S/C32H45N3O8S/c1-4-5-18-42-26-12-14-28(15-13-26)44(38,39)35(23-32(2,3)16-9-17-33)20-30(36)29(19-25-10-7-6-8-11-25)34-31(37)43-27-21-40-24-41-22-27/h6-8,10-15,27,29-30,36H,4-5,9,16,18-24H2,1-3H3,(H,34,37). The van der Waals surface area contributed by atoms with Crippen LogP contribution in [0.4, 0.5) is 4.79 Å². The molecule has 2 unspecified atom stereocenters. The molecule has 1 fully saturated rings. The van der Waals surface area contributed by atoms with Crippen LogP contribution in [0.25, 0.3) is 0 Å². The van der Waals surface area contributed by atoms with Crippen molar-refractivity contribution < 1.29 is 37.3 Å². The van der Waals surface area contributed by atoms with Crippen LogP contribution in [0.1, 0.15) is 52.0 Å². The second-order valence-corrected chi connectivity index (χ2v) is 13.6. The number of benzene rings is 2. The number of sulfonamides is 1. The molecule has 0 bridgehead atoms. The van der Waals surface area contributed by atoms with E-state index >= 15 is 0 Å². The Morgan fingerprint density at radius 3 is 2.48 bits per heavy atom. The van der Waals surface area contributed by atoms with Gasteiger partial charge in [0.1, 0.15) is 12.5 Å². The van der Waals surface area contributed by atoms with Crippen LogP contribution in [0.3, 0.4) is 0 Å². The number of alkyl carbamates (subject to hydrolysis) is 1. The van der Waals surface area contributed by atoms with E-state index in [1.807, 2.05) is 44.2 Å². The zero-order valence-corrected chi connectivity index (χ0v) is 26.6. The van der Waals surface area contributed by atoms with Gasteiger partial charge in [0.2, 0.25) is 10.0 Å². The van der Waals surface area contributed by atoms with E-state index in [4.69, 9.17) is 24.2 Å². The van der Waals surface area contributed by atoms with E-state index in [9.17, 15) is 18.3 Å². The van der Waals surface area contributed by atoms with Crippen molar-refractivity contribution >= 4 is 16.1 Å². The van der Waals surface area contributed by atoms with Gasteiger partial charge in [-0.1, -0.05) is 57.5 Å². The quantitative estimate of drug-likeness (QED) is 0.245. The third-order valence-corrected chi connectivity index (χ3v) is 9.08. The van der Waals surface area contributed by atoms with Crippen molar-refractivity contribution in [2.75, 3.05) is 39.7 Å². The number of carbonyl (C=O) groups excluding carboxylic acids is 1. The van der Waals surface area contributed by atoms with Crippen molar-refractivity contribution in [1.29, 1.82) is 5.26 Å². The van der Waals surface area contributed by atoms with Gasteiger partial charge in [-0.2, -0.15) is 9.57 Å². The van der Waals surface area contributed by atoms with Gasteiger partial charge in [-0.25, -0.2) is 13.2 Å². The van der Waals surface area contributed by atoms with Gasteiger partial charge in [0.15, 0.2) is 6.10 Å². The molecule has 0 aromatic heterocycles. The molecule has 1 heterocycles. The minimum absolute atomic E-state index is 0.0437. The molecule has 12 heteroatoms. The molecule has 2 aromatic carbocycles. The summed E-state index contributed by atoms with van der Waals surface area (Å²) in [5.41, 5.74) is 0.261. The summed E-state index contributed by atoms with van der Waals surface area (Å²) in [6, 6.07) is 16.7. The molecule has 0 spiro atoms. The van der Waals surface area contributed by atoms with Crippen LogP contribution in [0, 0.1) is 16.7 Å². The highest BCUT2D eigenvalue weighted by atomic mass is 32.2. The number of hydrogen-bond donors (Lipinski definition) is 2. The molecule has 1 aliphatic rings. The first-order valence-electron chi connectivity index (χ1n) is 15.0. The second kappa shape index (κ2) is 17.3. The molecule has 44 heavy (non-hydrogen) atoms. The summed E-state index contributed by atoms with van der Waals surface area (Å²) >= 11 is 0. The first kappa shape index (κ1) is 35.3. The maximum Gasteiger partial charge on any atom is 0.407 e. The van der Waals surface area contributed by atoms with Crippen molar-refractivity contribution in [2.24, 2.45) is 5.41 Å². The van der Waals surface area contributed by atoms with E-state index in [0.717, 1.165) is 18.4 Å². The molecule has 2 N–H and O–H groups in total. The van der Waals surface area contributed by atoms with Crippen molar-refractivity contribution in [1.82, 2.24) is 9.62 Å². The van der Waals surface area contributed by atoms with E-state index in [1.54, 1.807) is 12.1 Å². The first-order valence-corrected chi connectivity index (χ1v) is 16.4. The maximum atomic E-state index is 14.0. The molecule has 2 atom stereocenters. The van der Waals surface area contributed by atoms with E-state index in [2.05, 4.69) is 18.3 Å². The van der Waals surface area contributed by atoms with Gasteiger partial charge >= 0.3 is 6.09 Å². The number of nitrogens with one attached hydrogen (secondary N) is 1. The van der Waals surface area contributed by atoms with Crippen molar-refractivity contribution in [3.05, 3.63) is 60.2 Å². The Bertz CT molecular complexity index is 1290. The number of rotatable bonds is 17. The summed E-state index contributed by atoms with van der Waals surface area (Å²) in [5.74, 6) is 0.567. The van der Waals surface area contributed by atoms with Gasteiger partial charge in [0, 0.05) is 19.5 Å². The Morgan fingerprint density at radius 1 is 1.16 bits per heavy atom. The van der Waals surface area contributed by atoms with E-state index in [-0.39, 0.29) is 50.8 Å². The highest BCUT2D eigenvalue weighted by Gasteiger charge is 2.35. The summed E-state index contributed by atoms with van der Waals surface area (Å²) in [6.07, 6.45) is 0.121. The largest absolute Gasteiger partial charge is 0.494 e. The average Bonchev–Trinajstić information content (AvgIpc) is 3.00. The Kier molecular flexibility index (Phi) is 13.9. The summed E-state index contributed by atoms with van der Waals surface area (Å²) in [5, 5.41) is 23.4. The van der Waals surface area contributed by atoms with Gasteiger partial charge < -0.3 is 29.4 Å². The molecule has 0 radical (unpaired) electrons. The van der Waals surface area contributed by atoms with E-state index < -0.39 is 39.8 Å². The minimum Gasteiger partial charge on any atom is -0.494 e. The molecular weight excluding hydrogens is 586 g/mol. The van der Waals surface area contributed by atoms with Crippen molar-refractivity contribution in [3.8, 4) is 11.8 Å². The summed E-state index contributed by atoms with van der Waals surface area (Å²) < 4.78 is 50.8. The third-order valence-electron chi connectivity index (χ3n) is 7.25. The lowest BCUT2D eigenvalue weighted by Gasteiger charge is -2.35.